The quantitative estimate of drug-likeness (QED) is 0.788. The molecule has 6 nitrogen and oxygen atoms in total. The smallest absolute Gasteiger partial charge is 0.291 e. The first-order valence-electron chi connectivity index (χ1n) is 11.0. The lowest BCUT2D eigenvalue weighted by molar-refractivity contribution is -0.132. The minimum atomic E-state index is -0.0171. The second-order valence-corrected chi connectivity index (χ2v) is 9.07. The van der Waals surface area contributed by atoms with Crippen LogP contribution in [0.15, 0.2) is 35.3 Å². The van der Waals surface area contributed by atoms with Crippen molar-refractivity contribution in [1.29, 1.82) is 0 Å². The Bertz CT molecular complexity index is 851. The number of rotatable bonds is 3. The van der Waals surface area contributed by atoms with Gasteiger partial charge in [0.1, 0.15) is 0 Å². The summed E-state index contributed by atoms with van der Waals surface area (Å²) in [6.07, 6.45) is 14.1. The van der Waals surface area contributed by atoms with E-state index in [2.05, 4.69) is 27.0 Å². The molecule has 1 amide bonds. The highest BCUT2D eigenvalue weighted by atomic mass is 16.3. The van der Waals surface area contributed by atoms with E-state index in [1.54, 1.807) is 0 Å². The van der Waals surface area contributed by atoms with Crippen molar-refractivity contribution in [1.82, 2.24) is 19.8 Å². The van der Waals surface area contributed by atoms with Crippen molar-refractivity contribution in [3.63, 3.8) is 0 Å². The maximum Gasteiger partial charge on any atom is 0.291 e. The van der Waals surface area contributed by atoms with Gasteiger partial charge >= 0.3 is 0 Å². The molecule has 1 saturated carbocycles. The Kier molecular flexibility index (Phi) is 4.90. The van der Waals surface area contributed by atoms with Crippen molar-refractivity contribution in [2.24, 2.45) is 5.41 Å². The van der Waals surface area contributed by atoms with Gasteiger partial charge in [-0.1, -0.05) is 19.3 Å². The fourth-order valence-electron chi connectivity index (χ4n) is 5.95. The Morgan fingerprint density at radius 3 is 2.52 bits per heavy atom. The molecule has 3 aliphatic rings. The third kappa shape index (κ3) is 3.27. The highest BCUT2D eigenvalue weighted by Crippen LogP contribution is 2.58. The van der Waals surface area contributed by atoms with Crippen molar-refractivity contribution in [3.05, 3.63) is 47.9 Å². The van der Waals surface area contributed by atoms with Crippen molar-refractivity contribution in [2.75, 3.05) is 19.6 Å². The zero-order chi connectivity index (χ0) is 19.8. The lowest BCUT2D eigenvalue weighted by Crippen LogP contribution is -2.63. The number of carbonyl (C=O) groups is 1. The molecule has 1 unspecified atom stereocenters. The molecular formula is C23H30N4O2. The largest absolute Gasteiger partial charge is 0.438 e. The molecule has 2 aliphatic heterocycles. The van der Waals surface area contributed by atoms with Gasteiger partial charge in [-0.15, -0.1) is 0 Å². The van der Waals surface area contributed by atoms with Crippen LogP contribution in [-0.2, 0) is 0 Å². The summed E-state index contributed by atoms with van der Waals surface area (Å²) in [6.45, 7) is 4.61. The van der Waals surface area contributed by atoms with Gasteiger partial charge in [-0.2, -0.15) is 0 Å². The topological polar surface area (TPSA) is 62.5 Å². The number of aromatic nitrogens is 2. The normalized spacial score (nSPS) is 25.1. The van der Waals surface area contributed by atoms with Crippen LogP contribution < -0.4 is 0 Å². The third-order valence-corrected chi connectivity index (χ3v) is 7.44. The average molecular weight is 395 g/mol. The van der Waals surface area contributed by atoms with Crippen molar-refractivity contribution in [2.45, 2.75) is 64.0 Å². The zero-order valence-electron chi connectivity index (χ0n) is 17.2. The fraction of sp³-hybridized carbons (Fsp3) is 0.609. The maximum atomic E-state index is 12.7. The summed E-state index contributed by atoms with van der Waals surface area (Å²) < 4.78 is 5.32. The Hall–Kier alpha value is -2.21. The number of aryl methyl sites for hydroxylation is 1. The molecule has 3 fully saturated rings. The minimum Gasteiger partial charge on any atom is -0.438 e. The number of amides is 1. The summed E-state index contributed by atoms with van der Waals surface area (Å²) in [5, 5.41) is 0. The second kappa shape index (κ2) is 7.56. The molecule has 2 aromatic heterocycles. The molecule has 29 heavy (non-hydrogen) atoms. The summed E-state index contributed by atoms with van der Waals surface area (Å²) in [5.74, 6) is 0.375. The van der Waals surface area contributed by atoms with Gasteiger partial charge < -0.3 is 9.32 Å². The van der Waals surface area contributed by atoms with E-state index in [9.17, 15) is 4.79 Å². The summed E-state index contributed by atoms with van der Waals surface area (Å²) in [5.41, 5.74) is 2.55. The first-order valence-corrected chi connectivity index (χ1v) is 11.0. The van der Waals surface area contributed by atoms with Crippen LogP contribution in [0, 0.1) is 12.3 Å². The van der Waals surface area contributed by atoms with Crippen molar-refractivity contribution >= 4 is 5.91 Å². The van der Waals surface area contributed by atoms with Crippen LogP contribution >= 0.6 is 0 Å². The lowest BCUT2D eigenvalue weighted by Gasteiger charge is -2.63. The first kappa shape index (κ1) is 18.8. The highest BCUT2D eigenvalue weighted by molar-refractivity contribution is 5.92. The highest BCUT2D eigenvalue weighted by Gasteiger charge is 2.55. The molecule has 154 valence electrons. The van der Waals surface area contributed by atoms with Crippen molar-refractivity contribution < 1.29 is 9.21 Å². The molecule has 0 N–H and O–H groups in total. The molecule has 0 aromatic carbocycles. The molecule has 4 heterocycles. The van der Waals surface area contributed by atoms with Gasteiger partial charge in [0.2, 0.25) is 5.76 Å². The number of oxazole rings is 1. The van der Waals surface area contributed by atoms with Gasteiger partial charge in [-0.25, -0.2) is 4.98 Å². The summed E-state index contributed by atoms with van der Waals surface area (Å²) in [4.78, 5) is 25.7. The summed E-state index contributed by atoms with van der Waals surface area (Å²) in [7, 11) is 0. The maximum absolute atomic E-state index is 12.7. The molecule has 6 heteroatoms. The van der Waals surface area contributed by atoms with Crippen LogP contribution in [0.5, 0.6) is 0 Å². The predicted octanol–water partition coefficient (Wildman–Crippen LogP) is 3.99. The molecule has 2 aromatic rings. The molecule has 5 rings (SSSR count). The van der Waals surface area contributed by atoms with E-state index in [0.717, 1.165) is 25.9 Å². The van der Waals surface area contributed by atoms with E-state index in [1.165, 1.54) is 50.6 Å². The third-order valence-electron chi connectivity index (χ3n) is 7.44. The average Bonchev–Trinajstić information content (AvgIpc) is 3.19. The summed E-state index contributed by atoms with van der Waals surface area (Å²) >= 11 is 0. The Morgan fingerprint density at radius 1 is 1.14 bits per heavy atom. The predicted molar refractivity (Wildman–Crippen MR) is 109 cm³/mol. The number of nitrogens with zero attached hydrogens (tertiary/aromatic N) is 4. The van der Waals surface area contributed by atoms with Gasteiger partial charge in [0.05, 0.1) is 5.69 Å². The van der Waals surface area contributed by atoms with Gasteiger partial charge in [-0.05, 0) is 50.3 Å². The van der Waals surface area contributed by atoms with Crippen LogP contribution in [0.2, 0.25) is 0 Å². The zero-order valence-corrected chi connectivity index (χ0v) is 17.2. The number of hydrogen-bond donors (Lipinski definition) is 0. The van der Waals surface area contributed by atoms with E-state index in [0.29, 0.717) is 29.0 Å². The molecular weight excluding hydrogens is 364 g/mol. The number of hydrogen-bond acceptors (Lipinski definition) is 5. The molecule has 0 radical (unpaired) electrons. The van der Waals surface area contributed by atoms with Gasteiger partial charge in [0.25, 0.3) is 5.91 Å². The van der Waals surface area contributed by atoms with Crippen LogP contribution in [0.25, 0.3) is 0 Å². The number of piperidine rings is 1. The minimum absolute atomic E-state index is 0.0171. The molecule has 1 atom stereocenters. The molecule has 2 saturated heterocycles. The number of pyridine rings is 1. The van der Waals surface area contributed by atoms with E-state index in [1.807, 2.05) is 24.2 Å². The standard InChI is InChI=1S/C23H30N4O2/c1-17-20(29-16-25-17)22(28)26-13-7-19(8-14-26)27-15-23(9-3-2-4-10-23)21(27)18-5-11-24-12-6-18/h5-6,11-12,16,19,21H,2-4,7-10,13-15H2,1H3. The Morgan fingerprint density at radius 2 is 1.86 bits per heavy atom. The Balaban J connectivity index is 1.29. The summed E-state index contributed by atoms with van der Waals surface area (Å²) in [6, 6.07) is 5.46. The van der Waals surface area contributed by atoms with Crippen LogP contribution in [-0.4, -0.2) is 51.4 Å². The SMILES string of the molecule is Cc1ncoc1C(=O)N1CCC(N2CC3(CCCCC3)C2c2ccncc2)CC1. The van der Waals surface area contributed by atoms with E-state index in [-0.39, 0.29) is 5.91 Å². The van der Waals surface area contributed by atoms with E-state index < -0.39 is 0 Å². The lowest BCUT2D eigenvalue weighted by atomic mass is 9.60. The fourth-order valence-corrected chi connectivity index (χ4v) is 5.95. The van der Waals surface area contributed by atoms with Crippen LogP contribution in [0.1, 0.15) is 72.8 Å². The van der Waals surface area contributed by atoms with E-state index in [4.69, 9.17) is 4.42 Å². The Labute approximate surface area is 172 Å². The van der Waals surface area contributed by atoms with Crippen LogP contribution in [0.3, 0.4) is 0 Å². The number of likely N-dealkylation sites (tertiary alicyclic amines) is 2. The molecule has 0 bridgehead atoms. The molecule has 1 spiro atoms. The van der Waals surface area contributed by atoms with Gasteiger partial charge in [0.15, 0.2) is 6.39 Å². The molecule has 1 aliphatic carbocycles. The second-order valence-electron chi connectivity index (χ2n) is 9.07. The van der Waals surface area contributed by atoms with Gasteiger partial charge in [-0.3, -0.25) is 14.7 Å². The van der Waals surface area contributed by atoms with Crippen molar-refractivity contribution in [3.8, 4) is 0 Å². The van der Waals surface area contributed by atoms with Crippen LogP contribution in [0.4, 0.5) is 0 Å². The number of carbonyl (C=O) groups excluding carboxylic acids is 1. The van der Waals surface area contributed by atoms with E-state index >= 15 is 0 Å². The first-order chi connectivity index (χ1) is 14.2. The monoisotopic (exact) mass is 394 g/mol. The van der Waals surface area contributed by atoms with Gasteiger partial charge in [0, 0.05) is 49.5 Å².